The van der Waals surface area contributed by atoms with Crippen LogP contribution in [-0.2, 0) is 14.2 Å². The summed E-state index contributed by atoms with van der Waals surface area (Å²) in [7, 11) is 1.91. The normalized spacial score (nSPS) is 42.2. The molecule has 2 aliphatic heterocycles. The number of rotatable bonds is 2. The molecule has 2 fully saturated rings. The molecule has 2 rings (SSSR count). The third-order valence-electron chi connectivity index (χ3n) is 2.47. The van der Waals surface area contributed by atoms with Crippen LogP contribution in [0.1, 0.15) is 13.8 Å². The molecule has 76 valence electrons. The average Bonchev–Trinajstić information content (AvgIpc) is 2.48. The lowest BCUT2D eigenvalue weighted by Gasteiger charge is -2.21. The van der Waals surface area contributed by atoms with Crippen molar-refractivity contribution in [3.8, 4) is 0 Å². The number of ether oxygens (including phenoxy) is 3. The Morgan fingerprint density at radius 2 is 2.15 bits per heavy atom. The molecule has 0 amide bonds. The van der Waals surface area contributed by atoms with Crippen LogP contribution in [0.2, 0.25) is 0 Å². The van der Waals surface area contributed by atoms with Gasteiger partial charge in [-0.2, -0.15) is 0 Å². The quantitative estimate of drug-likeness (QED) is 0.667. The summed E-state index contributed by atoms with van der Waals surface area (Å²) in [6, 6.07) is 0. The fourth-order valence-corrected chi connectivity index (χ4v) is 2.00. The SMILES string of the molecule is CNCC1OCC2OC(C)(C)OC12. The van der Waals surface area contributed by atoms with Crippen molar-refractivity contribution in [3.05, 3.63) is 0 Å². The van der Waals surface area contributed by atoms with Crippen molar-refractivity contribution in [2.45, 2.75) is 37.9 Å². The van der Waals surface area contributed by atoms with E-state index in [4.69, 9.17) is 14.2 Å². The number of hydrogen-bond acceptors (Lipinski definition) is 4. The second-order valence-corrected chi connectivity index (χ2v) is 4.07. The largest absolute Gasteiger partial charge is 0.371 e. The molecule has 0 radical (unpaired) electrons. The van der Waals surface area contributed by atoms with E-state index in [0.717, 1.165) is 6.54 Å². The smallest absolute Gasteiger partial charge is 0.164 e. The van der Waals surface area contributed by atoms with E-state index < -0.39 is 5.79 Å². The maximum absolute atomic E-state index is 5.75. The molecule has 1 N–H and O–H groups in total. The maximum Gasteiger partial charge on any atom is 0.164 e. The van der Waals surface area contributed by atoms with Gasteiger partial charge >= 0.3 is 0 Å². The predicted molar refractivity (Wildman–Crippen MR) is 47.5 cm³/mol. The highest BCUT2D eigenvalue weighted by Gasteiger charge is 2.49. The molecule has 13 heavy (non-hydrogen) atoms. The van der Waals surface area contributed by atoms with E-state index in [-0.39, 0.29) is 18.3 Å². The molecule has 0 aromatic carbocycles. The number of likely N-dealkylation sites (N-methyl/N-ethyl adjacent to an activating group) is 1. The van der Waals surface area contributed by atoms with E-state index in [1.54, 1.807) is 0 Å². The van der Waals surface area contributed by atoms with E-state index in [9.17, 15) is 0 Å². The molecule has 2 heterocycles. The second-order valence-electron chi connectivity index (χ2n) is 4.07. The minimum absolute atomic E-state index is 0.0995. The Balaban J connectivity index is 1.99. The summed E-state index contributed by atoms with van der Waals surface area (Å²) >= 11 is 0. The van der Waals surface area contributed by atoms with Crippen molar-refractivity contribution in [3.63, 3.8) is 0 Å². The van der Waals surface area contributed by atoms with Gasteiger partial charge in [-0.05, 0) is 20.9 Å². The van der Waals surface area contributed by atoms with E-state index in [1.165, 1.54) is 0 Å². The predicted octanol–water partition coefficient (Wildman–Crippen LogP) is 0.125. The van der Waals surface area contributed by atoms with Gasteiger partial charge in [0.05, 0.1) is 12.7 Å². The van der Waals surface area contributed by atoms with Crippen molar-refractivity contribution < 1.29 is 14.2 Å². The van der Waals surface area contributed by atoms with E-state index >= 15 is 0 Å². The average molecular weight is 187 g/mol. The summed E-state index contributed by atoms with van der Waals surface area (Å²) in [5.74, 6) is -0.439. The highest BCUT2D eigenvalue weighted by molar-refractivity contribution is 4.92. The summed E-state index contributed by atoms with van der Waals surface area (Å²) in [5, 5.41) is 3.09. The summed E-state index contributed by atoms with van der Waals surface area (Å²) in [6.45, 7) is 5.37. The monoisotopic (exact) mass is 187 g/mol. The topological polar surface area (TPSA) is 39.7 Å². The molecule has 4 nitrogen and oxygen atoms in total. The zero-order chi connectivity index (χ0) is 9.47. The lowest BCUT2D eigenvalue weighted by molar-refractivity contribution is -0.174. The van der Waals surface area contributed by atoms with E-state index in [2.05, 4.69) is 5.32 Å². The van der Waals surface area contributed by atoms with Gasteiger partial charge in [0.2, 0.25) is 0 Å². The Labute approximate surface area is 78.5 Å². The summed E-state index contributed by atoms with van der Waals surface area (Å²) in [6.07, 6.45) is 0.354. The molecule has 0 aromatic rings. The van der Waals surface area contributed by atoms with Crippen LogP contribution in [-0.4, -0.2) is 44.3 Å². The first-order valence-electron chi connectivity index (χ1n) is 4.74. The van der Waals surface area contributed by atoms with Crippen molar-refractivity contribution >= 4 is 0 Å². The van der Waals surface area contributed by atoms with Crippen LogP contribution in [0.5, 0.6) is 0 Å². The van der Waals surface area contributed by atoms with Gasteiger partial charge in [0, 0.05) is 6.54 Å². The van der Waals surface area contributed by atoms with Gasteiger partial charge in [-0.15, -0.1) is 0 Å². The molecule has 0 aromatic heterocycles. The number of hydrogen-bond donors (Lipinski definition) is 1. The summed E-state index contributed by atoms with van der Waals surface area (Å²) < 4.78 is 17.0. The first-order chi connectivity index (χ1) is 6.12. The van der Waals surface area contributed by atoms with Gasteiger partial charge < -0.3 is 19.5 Å². The highest BCUT2D eigenvalue weighted by atomic mass is 16.8. The Morgan fingerprint density at radius 1 is 1.38 bits per heavy atom. The first-order valence-corrected chi connectivity index (χ1v) is 4.74. The van der Waals surface area contributed by atoms with Gasteiger partial charge in [-0.25, -0.2) is 0 Å². The zero-order valence-electron chi connectivity index (χ0n) is 8.37. The number of fused-ring (bicyclic) bond motifs is 1. The molecule has 0 saturated carbocycles. The Hall–Kier alpha value is -0.160. The van der Waals surface area contributed by atoms with Crippen LogP contribution in [0.4, 0.5) is 0 Å². The minimum Gasteiger partial charge on any atom is -0.371 e. The fourth-order valence-electron chi connectivity index (χ4n) is 2.00. The molecule has 4 heteroatoms. The second kappa shape index (κ2) is 3.20. The Kier molecular flexibility index (Phi) is 2.32. The molecule has 3 atom stereocenters. The standard InChI is InChI=1S/C9H17NO3/c1-9(2)12-7-5-11-6(4-10-3)8(7)13-9/h6-8,10H,4-5H2,1-3H3. The lowest BCUT2D eigenvalue weighted by atomic mass is 10.1. The number of nitrogens with one attached hydrogen (secondary N) is 1. The van der Waals surface area contributed by atoms with Gasteiger partial charge in [0.25, 0.3) is 0 Å². The minimum atomic E-state index is -0.439. The van der Waals surface area contributed by atoms with E-state index in [0.29, 0.717) is 6.61 Å². The van der Waals surface area contributed by atoms with Crippen LogP contribution < -0.4 is 5.32 Å². The molecule has 2 aliphatic rings. The van der Waals surface area contributed by atoms with Gasteiger partial charge in [-0.1, -0.05) is 0 Å². The van der Waals surface area contributed by atoms with Gasteiger partial charge in [-0.3, -0.25) is 0 Å². The first kappa shape index (κ1) is 9.40. The summed E-state index contributed by atoms with van der Waals surface area (Å²) in [4.78, 5) is 0. The highest BCUT2D eigenvalue weighted by Crippen LogP contribution is 2.34. The van der Waals surface area contributed by atoms with Crippen molar-refractivity contribution in [2.24, 2.45) is 0 Å². The molecule has 3 unspecified atom stereocenters. The lowest BCUT2D eigenvalue weighted by Crippen LogP contribution is -2.36. The van der Waals surface area contributed by atoms with Crippen LogP contribution in [0.15, 0.2) is 0 Å². The van der Waals surface area contributed by atoms with Crippen LogP contribution in [0.25, 0.3) is 0 Å². The van der Waals surface area contributed by atoms with E-state index in [1.807, 2.05) is 20.9 Å². The van der Waals surface area contributed by atoms with Crippen LogP contribution in [0, 0.1) is 0 Å². The molecular formula is C9H17NO3. The molecule has 0 spiro atoms. The molecule has 2 saturated heterocycles. The van der Waals surface area contributed by atoms with Crippen LogP contribution in [0.3, 0.4) is 0 Å². The van der Waals surface area contributed by atoms with Gasteiger partial charge in [0.15, 0.2) is 5.79 Å². The third-order valence-corrected chi connectivity index (χ3v) is 2.47. The maximum atomic E-state index is 5.75. The molecule has 0 aliphatic carbocycles. The van der Waals surface area contributed by atoms with Crippen molar-refractivity contribution in [1.82, 2.24) is 5.32 Å². The Bertz CT molecular complexity index is 193. The van der Waals surface area contributed by atoms with Crippen molar-refractivity contribution in [2.75, 3.05) is 20.2 Å². The fraction of sp³-hybridized carbons (Fsp3) is 1.00. The zero-order valence-corrected chi connectivity index (χ0v) is 8.37. The third kappa shape index (κ3) is 1.72. The van der Waals surface area contributed by atoms with Crippen molar-refractivity contribution in [1.29, 1.82) is 0 Å². The molecule has 0 bridgehead atoms. The van der Waals surface area contributed by atoms with Crippen LogP contribution >= 0.6 is 0 Å². The molecular weight excluding hydrogens is 170 g/mol. The van der Waals surface area contributed by atoms with Gasteiger partial charge in [0.1, 0.15) is 12.2 Å². The summed E-state index contributed by atoms with van der Waals surface area (Å²) in [5.41, 5.74) is 0. The Morgan fingerprint density at radius 3 is 2.85 bits per heavy atom.